The fourth-order valence-corrected chi connectivity index (χ4v) is 13.7. The van der Waals surface area contributed by atoms with Crippen LogP contribution in [0.5, 0.6) is 34.5 Å². The minimum atomic E-state index is -3.38. The zero-order valence-electron chi connectivity index (χ0n) is 27.0. The molecule has 49 heavy (non-hydrogen) atoms. The van der Waals surface area contributed by atoms with E-state index in [-0.39, 0.29) is 6.42 Å². The number of hydrogen-bond acceptors (Lipinski definition) is 4. The number of carboxylic acid groups (broad SMARTS) is 1. The number of carbonyl (C=O) groups is 1. The van der Waals surface area contributed by atoms with Crippen LogP contribution < -0.4 is 30.1 Å². The fraction of sp³-hybridized carbons (Fsp3) is 0.119. The van der Waals surface area contributed by atoms with E-state index >= 15 is 0 Å². The van der Waals surface area contributed by atoms with E-state index in [1.165, 1.54) is 0 Å². The van der Waals surface area contributed by atoms with E-state index in [2.05, 4.69) is 51.9 Å². The summed E-state index contributed by atoms with van der Waals surface area (Å²) in [6, 6.07) is 54.3. The Hall–Kier alpha value is -4.90. The Morgan fingerprint density at radius 2 is 0.755 bits per heavy atom. The maximum atomic E-state index is 11.3. The summed E-state index contributed by atoms with van der Waals surface area (Å²) in [6.45, 7) is 0. The van der Waals surface area contributed by atoms with E-state index in [1.54, 1.807) is 0 Å². The predicted molar refractivity (Wildman–Crippen MR) is 205 cm³/mol. The van der Waals surface area contributed by atoms with Crippen molar-refractivity contribution in [2.24, 2.45) is 0 Å². The molecule has 1 N–H and O–H groups in total. The van der Waals surface area contributed by atoms with Gasteiger partial charge in [-0.3, -0.25) is 0 Å². The van der Waals surface area contributed by atoms with E-state index in [1.807, 2.05) is 127 Å². The molecule has 0 aromatic heterocycles. The molecule has 0 spiro atoms. The molecule has 6 rings (SSSR count). The van der Waals surface area contributed by atoms with Crippen molar-refractivity contribution >= 4 is 42.7 Å². The number of aliphatic carboxylic acids is 1. The number of ether oxygens (including phenoxy) is 3. The minimum absolute atomic E-state index is 0.154. The molecule has 7 heteroatoms. The van der Waals surface area contributed by atoms with Crippen molar-refractivity contribution in [1.29, 1.82) is 0 Å². The molecule has 0 bridgehead atoms. The molecular formula is C42H38BrO5P. The second-order valence-electron chi connectivity index (χ2n) is 11.8. The van der Waals surface area contributed by atoms with Crippen LogP contribution in [0.1, 0.15) is 25.7 Å². The Kier molecular flexibility index (Phi) is 10.8. The van der Waals surface area contributed by atoms with Gasteiger partial charge in [0.05, 0.1) is 0 Å². The number of hydrogen-bond donors (Lipinski definition) is 1. The molecule has 0 aliphatic rings. The van der Waals surface area contributed by atoms with Gasteiger partial charge in [0.25, 0.3) is 0 Å². The van der Waals surface area contributed by atoms with Crippen molar-refractivity contribution in [1.82, 2.24) is 0 Å². The van der Waals surface area contributed by atoms with Gasteiger partial charge in [0, 0.05) is 0 Å². The van der Waals surface area contributed by atoms with Crippen LogP contribution in [0.3, 0.4) is 0 Å². The van der Waals surface area contributed by atoms with Gasteiger partial charge in [-0.25, -0.2) is 0 Å². The van der Waals surface area contributed by atoms with Gasteiger partial charge in [-0.2, -0.15) is 0 Å². The van der Waals surface area contributed by atoms with Gasteiger partial charge >= 0.3 is 297 Å². The third-order valence-corrected chi connectivity index (χ3v) is 18.6. The third-order valence-electron chi connectivity index (χ3n) is 8.53. The SMILES string of the molecule is O=C(O)CCCCCP(Br)(c1ccc(Oc2ccccc2)cc1)(c1ccc(Oc2ccccc2)cc1)c1ccc(Oc2ccccc2)cc1. The molecular weight excluding hydrogens is 695 g/mol. The normalized spacial score (nSPS) is 12.0. The van der Waals surface area contributed by atoms with Crippen LogP contribution >= 0.6 is 20.8 Å². The number of unbranched alkanes of at least 4 members (excludes halogenated alkanes) is 2. The molecule has 0 aliphatic carbocycles. The number of rotatable bonds is 15. The summed E-state index contributed by atoms with van der Waals surface area (Å²) >= 11 is 4.56. The summed E-state index contributed by atoms with van der Waals surface area (Å²) in [5, 5.41) is 9.35. The quantitative estimate of drug-likeness (QED) is 0.0841. The van der Waals surface area contributed by atoms with Gasteiger partial charge in [-0.05, 0) is 0 Å². The second-order valence-corrected chi connectivity index (χ2v) is 20.9. The third kappa shape index (κ3) is 8.05. The Bertz CT molecular complexity index is 1730. The Morgan fingerprint density at radius 1 is 0.449 bits per heavy atom. The zero-order valence-corrected chi connectivity index (χ0v) is 29.5. The summed E-state index contributed by atoms with van der Waals surface area (Å²) in [5.74, 6) is 3.77. The van der Waals surface area contributed by atoms with E-state index in [9.17, 15) is 9.90 Å². The molecule has 0 amide bonds. The molecule has 0 unspecified atom stereocenters. The first-order chi connectivity index (χ1) is 23.9. The summed E-state index contributed by atoms with van der Waals surface area (Å²) in [6.07, 6.45) is 3.16. The summed E-state index contributed by atoms with van der Waals surface area (Å²) in [5.41, 5.74) is 0. The van der Waals surface area contributed by atoms with E-state index < -0.39 is 11.3 Å². The Morgan fingerprint density at radius 3 is 1.06 bits per heavy atom. The molecule has 0 saturated carbocycles. The Labute approximate surface area is 295 Å². The van der Waals surface area contributed by atoms with Gasteiger partial charge in [0.2, 0.25) is 0 Å². The first-order valence-electron chi connectivity index (χ1n) is 16.4. The summed E-state index contributed by atoms with van der Waals surface area (Å²) in [4.78, 5) is 11.3. The molecule has 0 radical (unpaired) electrons. The molecule has 0 aliphatic heterocycles. The zero-order chi connectivity index (χ0) is 34.0. The topological polar surface area (TPSA) is 65.0 Å². The van der Waals surface area contributed by atoms with Crippen LogP contribution in [0.2, 0.25) is 0 Å². The van der Waals surface area contributed by atoms with Crippen molar-refractivity contribution in [2.75, 3.05) is 6.16 Å². The van der Waals surface area contributed by atoms with Crippen molar-refractivity contribution in [3.05, 3.63) is 164 Å². The van der Waals surface area contributed by atoms with Crippen LogP contribution in [0.4, 0.5) is 0 Å². The first kappa shape index (κ1) is 34.0. The van der Waals surface area contributed by atoms with Crippen molar-refractivity contribution in [3.63, 3.8) is 0 Å². The van der Waals surface area contributed by atoms with E-state index in [0.717, 1.165) is 69.4 Å². The van der Waals surface area contributed by atoms with Gasteiger partial charge in [0.15, 0.2) is 0 Å². The predicted octanol–water partition coefficient (Wildman–Crippen LogP) is 10.8. The number of para-hydroxylation sites is 3. The molecule has 5 nitrogen and oxygen atoms in total. The summed E-state index contributed by atoms with van der Waals surface area (Å²) in [7, 11) is 0. The number of carboxylic acids is 1. The molecule has 6 aromatic carbocycles. The van der Waals surface area contributed by atoms with Crippen LogP contribution in [-0.4, -0.2) is 17.2 Å². The van der Waals surface area contributed by atoms with Gasteiger partial charge in [-0.15, -0.1) is 0 Å². The van der Waals surface area contributed by atoms with Crippen molar-refractivity contribution < 1.29 is 24.1 Å². The monoisotopic (exact) mass is 732 g/mol. The second kappa shape index (κ2) is 15.5. The van der Waals surface area contributed by atoms with Gasteiger partial charge < -0.3 is 0 Å². The average molecular weight is 734 g/mol. The summed E-state index contributed by atoms with van der Waals surface area (Å²) < 4.78 is 18.5. The molecule has 248 valence electrons. The molecule has 0 atom stereocenters. The van der Waals surface area contributed by atoms with E-state index in [0.29, 0.717) is 6.42 Å². The molecule has 6 aromatic rings. The maximum absolute atomic E-state index is 11.3. The van der Waals surface area contributed by atoms with Crippen LogP contribution in [0, 0.1) is 0 Å². The molecule has 0 fully saturated rings. The van der Waals surface area contributed by atoms with Gasteiger partial charge in [-0.1, -0.05) is 0 Å². The van der Waals surface area contributed by atoms with E-state index in [4.69, 9.17) is 14.2 Å². The fourth-order valence-electron chi connectivity index (χ4n) is 6.05. The molecule has 0 heterocycles. The van der Waals surface area contributed by atoms with Crippen molar-refractivity contribution in [2.45, 2.75) is 25.7 Å². The van der Waals surface area contributed by atoms with Crippen LogP contribution in [0.15, 0.2) is 164 Å². The van der Waals surface area contributed by atoms with Crippen molar-refractivity contribution in [3.8, 4) is 34.5 Å². The number of benzene rings is 6. The standard InChI is InChI=1S/C42H38BrO5P/c43-49(32-12-4-11-19-42(44)45,39-26-20-36(21-27-39)46-33-13-5-1-6-14-33,40-28-22-37(23-29-40)47-34-15-7-2-8-16-34)41-30-24-38(25-31-41)48-35-17-9-3-10-18-35/h1-3,5-10,13-18,20-31H,4,11-12,19,32H2,(H,44,45). The van der Waals surface area contributed by atoms with Crippen LogP contribution in [-0.2, 0) is 4.79 Å². The van der Waals surface area contributed by atoms with Gasteiger partial charge in [0.1, 0.15) is 0 Å². The average Bonchev–Trinajstić information content (AvgIpc) is 3.13. The Balaban J connectivity index is 1.43. The van der Waals surface area contributed by atoms with Crippen LogP contribution in [0.25, 0.3) is 0 Å². The molecule has 0 saturated heterocycles. The number of halogens is 1. The first-order valence-corrected chi connectivity index (χ1v) is 20.8.